The van der Waals surface area contributed by atoms with Crippen LogP contribution in [0.4, 0.5) is 0 Å². The first-order valence-corrected chi connectivity index (χ1v) is 6.53. The first-order valence-electron chi connectivity index (χ1n) is 6.53. The van der Waals surface area contributed by atoms with Gasteiger partial charge in [0.1, 0.15) is 0 Å². The van der Waals surface area contributed by atoms with Crippen LogP contribution in [0.2, 0.25) is 0 Å². The third-order valence-corrected chi connectivity index (χ3v) is 3.48. The van der Waals surface area contributed by atoms with Crippen molar-refractivity contribution in [2.24, 2.45) is 0 Å². The molecule has 2 heterocycles. The molecule has 0 amide bonds. The average Bonchev–Trinajstić information content (AvgIpc) is 2.98. The summed E-state index contributed by atoms with van der Waals surface area (Å²) in [5.74, 6) is -0.343. The van der Waals surface area contributed by atoms with Crippen LogP contribution in [0, 0.1) is 0 Å². The summed E-state index contributed by atoms with van der Waals surface area (Å²) in [6.07, 6.45) is 3.93. The summed E-state index contributed by atoms with van der Waals surface area (Å²) in [4.78, 5) is 16.3. The van der Waals surface area contributed by atoms with Crippen LogP contribution in [0.3, 0.4) is 0 Å². The van der Waals surface area contributed by atoms with E-state index in [1.54, 1.807) is 13.1 Å². The van der Waals surface area contributed by atoms with Crippen molar-refractivity contribution in [2.75, 3.05) is 20.3 Å². The van der Waals surface area contributed by atoms with E-state index in [0.29, 0.717) is 12.2 Å². The third kappa shape index (κ3) is 3.11. The van der Waals surface area contributed by atoms with Crippen LogP contribution in [0.15, 0.2) is 24.4 Å². The summed E-state index contributed by atoms with van der Waals surface area (Å²) in [6, 6.07) is 5.50. The Balaban J connectivity index is 2.12. The van der Waals surface area contributed by atoms with E-state index >= 15 is 0 Å². The minimum absolute atomic E-state index is 0.160. The maximum absolute atomic E-state index is 12.1. The zero-order valence-corrected chi connectivity index (χ0v) is 11.4. The summed E-state index contributed by atoms with van der Waals surface area (Å²) < 4.78 is 10.5. The minimum atomic E-state index is -0.942. The third-order valence-electron chi connectivity index (χ3n) is 3.48. The van der Waals surface area contributed by atoms with Gasteiger partial charge < -0.3 is 9.47 Å². The molecule has 0 radical (unpaired) electrons. The second kappa shape index (κ2) is 6.12. The number of carbonyl (C=O) groups excluding carboxylic acids is 1. The van der Waals surface area contributed by atoms with Crippen LogP contribution >= 0.6 is 0 Å². The summed E-state index contributed by atoms with van der Waals surface area (Å²) in [6.45, 7) is 3.20. The molecule has 2 rings (SSSR count). The molecule has 0 spiro atoms. The predicted octanol–water partition coefficient (Wildman–Crippen LogP) is 1.24. The van der Waals surface area contributed by atoms with Gasteiger partial charge in [-0.3, -0.25) is 10.3 Å². The smallest absolute Gasteiger partial charge is 0.332 e. The molecule has 1 fully saturated rings. The zero-order valence-electron chi connectivity index (χ0n) is 11.4. The lowest BCUT2D eigenvalue weighted by atomic mass is 9.96. The molecule has 19 heavy (non-hydrogen) atoms. The van der Waals surface area contributed by atoms with E-state index in [0.717, 1.165) is 19.4 Å². The van der Waals surface area contributed by atoms with Crippen molar-refractivity contribution >= 4 is 5.97 Å². The number of carbonyl (C=O) groups is 1. The molecule has 5 heteroatoms. The Morgan fingerprint density at radius 1 is 1.63 bits per heavy atom. The molecule has 0 aliphatic carbocycles. The molecule has 1 N–H and O–H groups in total. The molecule has 0 saturated carbocycles. The number of hydrogen-bond donors (Lipinski definition) is 1. The van der Waals surface area contributed by atoms with Gasteiger partial charge in [-0.2, -0.15) is 0 Å². The largest absolute Gasteiger partial charge is 0.467 e. The molecule has 0 aromatic carbocycles. The fourth-order valence-corrected chi connectivity index (χ4v) is 2.25. The number of esters is 1. The molecule has 1 aromatic heterocycles. The number of ether oxygens (including phenoxy) is 2. The van der Waals surface area contributed by atoms with Crippen LogP contribution in [0.5, 0.6) is 0 Å². The Morgan fingerprint density at radius 3 is 3.05 bits per heavy atom. The fourth-order valence-electron chi connectivity index (χ4n) is 2.25. The lowest BCUT2D eigenvalue weighted by Gasteiger charge is -2.28. The van der Waals surface area contributed by atoms with E-state index in [-0.39, 0.29) is 12.1 Å². The Labute approximate surface area is 113 Å². The van der Waals surface area contributed by atoms with Gasteiger partial charge in [-0.15, -0.1) is 0 Å². The first kappa shape index (κ1) is 14.0. The summed E-state index contributed by atoms with van der Waals surface area (Å²) in [7, 11) is 1.39. The Bertz CT molecular complexity index is 418. The van der Waals surface area contributed by atoms with E-state index in [2.05, 4.69) is 10.3 Å². The molecule has 5 nitrogen and oxygen atoms in total. The highest BCUT2D eigenvalue weighted by molar-refractivity contribution is 5.81. The number of methoxy groups -OCH3 is 1. The maximum atomic E-state index is 12.1. The van der Waals surface area contributed by atoms with E-state index in [1.165, 1.54) is 7.11 Å². The number of hydrogen-bond acceptors (Lipinski definition) is 5. The molecule has 0 bridgehead atoms. The molecule has 1 aliphatic rings. The highest BCUT2D eigenvalue weighted by Gasteiger charge is 2.38. The lowest BCUT2D eigenvalue weighted by molar-refractivity contribution is -0.148. The van der Waals surface area contributed by atoms with Gasteiger partial charge in [0, 0.05) is 19.3 Å². The second-order valence-corrected chi connectivity index (χ2v) is 4.85. The molecule has 104 valence electrons. The van der Waals surface area contributed by atoms with Crippen LogP contribution < -0.4 is 5.32 Å². The number of nitrogens with zero attached hydrogens (tertiary/aromatic N) is 1. The van der Waals surface area contributed by atoms with Gasteiger partial charge in [0.25, 0.3) is 0 Å². The predicted molar refractivity (Wildman–Crippen MR) is 70.6 cm³/mol. The van der Waals surface area contributed by atoms with Crippen LogP contribution in [0.25, 0.3) is 0 Å². The number of nitrogens with one attached hydrogen (secondary N) is 1. The van der Waals surface area contributed by atoms with E-state index in [4.69, 9.17) is 9.47 Å². The zero-order chi connectivity index (χ0) is 13.7. The second-order valence-electron chi connectivity index (χ2n) is 4.85. The van der Waals surface area contributed by atoms with Gasteiger partial charge >= 0.3 is 5.97 Å². The normalized spacial score (nSPS) is 21.9. The monoisotopic (exact) mass is 264 g/mol. The maximum Gasteiger partial charge on any atom is 0.332 e. The van der Waals surface area contributed by atoms with Crippen molar-refractivity contribution in [2.45, 2.75) is 31.4 Å². The average molecular weight is 264 g/mol. The van der Waals surface area contributed by atoms with Crippen molar-refractivity contribution in [3.8, 4) is 0 Å². The quantitative estimate of drug-likeness (QED) is 0.811. The van der Waals surface area contributed by atoms with Crippen molar-refractivity contribution in [1.82, 2.24) is 10.3 Å². The Kier molecular flexibility index (Phi) is 4.50. The first-order chi connectivity index (χ1) is 9.16. The van der Waals surface area contributed by atoms with Crippen molar-refractivity contribution in [1.29, 1.82) is 0 Å². The summed E-state index contributed by atoms with van der Waals surface area (Å²) in [5.41, 5.74) is -0.290. The molecule has 1 saturated heterocycles. The molecular formula is C14H20N2O3. The fraction of sp³-hybridized carbons (Fsp3) is 0.571. The van der Waals surface area contributed by atoms with Crippen LogP contribution in [-0.4, -0.2) is 37.3 Å². The Morgan fingerprint density at radius 2 is 2.47 bits per heavy atom. The van der Waals surface area contributed by atoms with Crippen LogP contribution in [-0.2, 0) is 19.8 Å². The number of aromatic nitrogens is 1. The SMILES string of the molecule is COC(=O)C(C)(NCC1CCCO1)c1ccccn1. The van der Waals surface area contributed by atoms with Gasteiger partial charge in [0.15, 0.2) is 5.54 Å². The van der Waals surface area contributed by atoms with Gasteiger partial charge in [-0.1, -0.05) is 6.07 Å². The van der Waals surface area contributed by atoms with E-state index in [9.17, 15) is 4.79 Å². The molecule has 1 aliphatic heterocycles. The molecule has 2 unspecified atom stereocenters. The van der Waals surface area contributed by atoms with Crippen molar-refractivity contribution in [3.63, 3.8) is 0 Å². The summed E-state index contributed by atoms with van der Waals surface area (Å²) >= 11 is 0. The molecular weight excluding hydrogens is 244 g/mol. The topological polar surface area (TPSA) is 60.5 Å². The Hall–Kier alpha value is -1.46. The van der Waals surface area contributed by atoms with Crippen molar-refractivity contribution in [3.05, 3.63) is 30.1 Å². The molecule has 1 aromatic rings. The van der Waals surface area contributed by atoms with Crippen LogP contribution in [0.1, 0.15) is 25.5 Å². The van der Waals surface area contributed by atoms with Crippen molar-refractivity contribution < 1.29 is 14.3 Å². The van der Waals surface area contributed by atoms with Gasteiger partial charge in [0.2, 0.25) is 0 Å². The van der Waals surface area contributed by atoms with Gasteiger partial charge in [-0.05, 0) is 31.9 Å². The minimum Gasteiger partial charge on any atom is -0.467 e. The van der Waals surface area contributed by atoms with E-state index < -0.39 is 5.54 Å². The number of pyridine rings is 1. The standard InChI is InChI=1S/C14H20N2O3/c1-14(13(17)18-2,12-7-3-4-8-15-12)16-10-11-6-5-9-19-11/h3-4,7-8,11,16H,5-6,9-10H2,1-2H3. The summed E-state index contributed by atoms with van der Waals surface area (Å²) in [5, 5.41) is 3.24. The lowest BCUT2D eigenvalue weighted by Crippen LogP contribution is -2.50. The van der Waals surface area contributed by atoms with Gasteiger partial charge in [0.05, 0.1) is 18.9 Å². The number of rotatable bonds is 5. The highest BCUT2D eigenvalue weighted by Crippen LogP contribution is 2.21. The van der Waals surface area contributed by atoms with Gasteiger partial charge in [-0.25, -0.2) is 4.79 Å². The molecule has 2 atom stereocenters. The highest BCUT2D eigenvalue weighted by atomic mass is 16.5. The van der Waals surface area contributed by atoms with E-state index in [1.807, 2.05) is 18.2 Å².